The first-order chi connectivity index (χ1) is 10.5. The molecule has 1 amide bonds. The monoisotopic (exact) mass is 298 g/mol. The van der Waals surface area contributed by atoms with Crippen LogP contribution in [0.2, 0.25) is 0 Å². The molecule has 0 aliphatic heterocycles. The lowest BCUT2D eigenvalue weighted by Gasteiger charge is -2.03. The van der Waals surface area contributed by atoms with Crippen LogP contribution in [0.1, 0.15) is 12.5 Å². The molecule has 0 unspecified atom stereocenters. The zero-order valence-corrected chi connectivity index (χ0v) is 11.8. The SMILES string of the molecule is CC(=O)Nc1ccc(N=C(N)c2cccc([N+](=O)[O-])c2)cc1. The summed E-state index contributed by atoms with van der Waals surface area (Å²) in [6.45, 7) is 1.42. The van der Waals surface area contributed by atoms with Gasteiger partial charge in [0.15, 0.2) is 0 Å². The van der Waals surface area contributed by atoms with Crippen LogP contribution in [0, 0.1) is 10.1 Å². The highest BCUT2D eigenvalue weighted by Crippen LogP contribution is 2.18. The molecule has 0 aromatic heterocycles. The van der Waals surface area contributed by atoms with Gasteiger partial charge >= 0.3 is 0 Å². The van der Waals surface area contributed by atoms with E-state index in [0.717, 1.165) is 0 Å². The van der Waals surface area contributed by atoms with E-state index < -0.39 is 4.92 Å². The Hall–Kier alpha value is -3.22. The minimum Gasteiger partial charge on any atom is -0.383 e. The molecule has 0 bridgehead atoms. The van der Waals surface area contributed by atoms with Crippen LogP contribution in [0.4, 0.5) is 17.1 Å². The number of amides is 1. The lowest BCUT2D eigenvalue weighted by Crippen LogP contribution is -2.12. The summed E-state index contributed by atoms with van der Waals surface area (Å²) in [6, 6.07) is 12.7. The van der Waals surface area contributed by atoms with Crippen LogP contribution in [0.5, 0.6) is 0 Å². The van der Waals surface area contributed by atoms with Crippen molar-refractivity contribution in [1.82, 2.24) is 0 Å². The second kappa shape index (κ2) is 6.49. The molecule has 0 spiro atoms. The number of aliphatic imine (C=N–C) groups is 1. The van der Waals surface area contributed by atoms with Crippen LogP contribution >= 0.6 is 0 Å². The van der Waals surface area contributed by atoms with Crippen LogP contribution < -0.4 is 11.1 Å². The highest BCUT2D eigenvalue weighted by Gasteiger charge is 2.08. The third kappa shape index (κ3) is 3.89. The maximum atomic E-state index is 10.9. The van der Waals surface area contributed by atoms with Crippen molar-refractivity contribution in [2.24, 2.45) is 10.7 Å². The second-order valence-corrected chi connectivity index (χ2v) is 4.53. The zero-order valence-electron chi connectivity index (χ0n) is 11.8. The molecule has 0 atom stereocenters. The lowest BCUT2D eigenvalue weighted by molar-refractivity contribution is -0.384. The van der Waals surface area contributed by atoms with E-state index in [-0.39, 0.29) is 17.4 Å². The van der Waals surface area contributed by atoms with Crippen molar-refractivity contribution in [2.45, 2.75) is 6.92 Å². The number of nitro groups is 1. The Balaban J connectivity index is 2.23. The normalized spacial score (nSPS) is 11.0. The van der Waals surface area contributed by atoms with Gasteiger partial charge in [-0.05, 0) is 24.3 Å². The summed E-state index contributed by atoms with van der Waals surface area (Å²) >= 11 is 0. The molecule has 3 N–H and O–H groups in total. The minimum atomic E-state index is -0.487. The van der Waals surface area contributed by atoms with Crippen molar-refractivity contribution in [3.63, 3.8) is 0 Å². The van der Waals surface area contributed by atoms with Gasteiger partial charge in [0.2, 0.25) is 5.91 Å². The van der Waals surface area contributed by atoms with Gasteiger partial charge in [0.1, 0.15) is 5.84 Å². The number of rotatable bonds is 4. The Morgan fingerprint density at radius 3 is 2.50 bits per heavy atom. The number of anilines is 1. The van der Waals surface area contributed by atoms with Gasteiger partial charge in [-0.2, -0.15) is 0 Å². The molecule has 2 aromatic carbocycles. The first-order valence-electron chi connectivity index (χ1n) is 6.42. The summed E-state index contributed by atoms with van der Waals surface area (Å²) in [4.78, 5) is 25.4. The van der Waals surface area contributed by atoms with Crippen LogP contribution in [-0.4, -0.2) is 16.7 Å². The summed E-state index contributed by atoms with van der Waals surface area (Å²) < 4.78 is 0. The molecule has 0 fully saturated rings. The first kappa shape index (κ1) is 15.2. The third-order valence-corrected chi connectivity index (χ3v) is 2.79. The number of hydrogen-bond acceptors (Lipinski definition) is 4. The average Bonchev–Trinajstić information content (AvgIpc) is 2.49. The Kier molecular flexibility index (Phi) is 4.47. The van der Waals surface area contributed by atoms with E-state index in [1.807, 2.05) is 0 Å². The van der Waals surface area contributed by atoms with Crippen LogP contribution in [-0.2, 0) is 4.79 Å². The van der Waals surface area contributed by atoms with E-state index >= 15 is 0 Å². The third-order valence-electron chi connectivity index (χ3n) is 2.79. The van der Waals surface area contributed by atoms with Crippen molar-refractivity contribution < 1.29 is 9.72 Å². The molecule has 0 aliphatic carbocycles. The summed E-state index contributed by atoms with van der Waals surface area (Å²) in [5, 5.41) is 13.4. The van der Waals surface area contributed by atoms with E-state index in [2.05, 4.69) is 10.3 Å². The van der Waals surface area contributed by atoms with Gasteiger partial charge in [0, 0.05) is 30.3 Å². The minimum absolute atomic E-state index is 0.0448. The summed E-state index contributed by atoms with van der Waals surface area (Å²) in [7, 11) is 0. The quantitative estimate of drug-likeness (QED) is 0.391. The fourth-order valence-corrected chi connectivity index (χ4v) is 1.80. The lowest BCUT2D eigenvalue weighted by atomic mass is 10.2. The first-order valence-corrected chi connectivity index (χ1v) is 6.42. The highest BCUT2D eigenvalue weighted by atomic mass is 16.6. The number of carbonyl (C=O) groups is 1. The Morgan fingerprint density at radius 1 is 1.23 bits per heavy atom. The van der Waals surface area contributed by atoms with Crippen molar-refractivity contribution >= 4 is 28.8 Å². The molecule has 0 aliphatic rings. The standard InChI is InChI=1S/C15H14N4O3/c1-10(20)17-12-5-7-13(8-6-12)18-15(16)11-3-2-4-14(9-11)19(21)22/h2-9H,1H3,(H2,16,18)(H,17,20). The van der Waals surface area contributed by atoms with Gasteiger partial charge in [-0.25, -0.2) is 4.99 Å². The maximum absolute atomic E-state index is 10.9. The van der Waals surface area contributed by atoms with E-state index in [4.69, 9.17) is 5.73 Å². The highest BCUT2D eigenvalue weighted by molar-refractivity contribution is 5.99. The fourth-order valence-electron chi connectivity index (χ4n) is 1.80. The topological polar surface area (TPSA) is 111 Å². The Bertz CT molecular complexity index is 739. The molecule has 7 heteroatoms. The van der Waals surface area contributed by atoms with Crippen LogP contribution in [0.15, 0.2) is 53.5 Å². The number of hydrogen-bond donors (Lipinski definition) is 2. The van der Waals surface area contributed by atoms with Crippen molar-refractivity contribution in [1.29, 1.82) is 0 Å². The van der Waals surface area contributed by atoms with Gasteiger partial charge in [0.05, 0.1) is 10.6 Å². The number of nitrogens with zero attached hydrogens (tertiary/aromatic N) is 2. The number of carbonyl (C=O) groups excluding carboxylic acids is 1. The van der Waals surface area contributed by atoms with E-state index in [0.29, 0.717) is 16.9 Å². The molecule has 2 rings (SSSR count). The Labute approximate surface area is 126 Å². The molecule has 22 heavy (non-hydrogen) atoms. The molecular weight excluding hydrogens is 284 g/mol. The summed E-state index contributed by atoms with van der Waals surface area (Å²) in [5.41, 5.74) is 7.53. The largest absolute Gasteiger partial charge is 0.383 e. The fraction of sp³-hybridized carbons (Fsp3) is 0.0667. The molecule has 2 aromatic rings. The number of nitrogens with two attached hydrogens (primary N) is 1. The molecule has 0 radical (unpaired) electrons. The zero-order chi connectivity index (χ0) is 16.1. The molecular formula is C15H14N4O3. The van der Waals surface area contributed by atoms with E-state index in [1.165, 1.54) is 19.1 Å². The van der Waals surface area contributed by atoms with Gasteiger partial charge in [-0.3, -0.25) is 14.9 Å². The number of benzene rings is 2. The van der Waals surface area contributed by atoms with Gasteiger partial charge in [-0.1, -0.05) is 12.1 Å². The average molecular weight is 298 g/mol. The Morgan fingerprint density at radius 2 is 1.91 bits per heavy atom. The van der Waals surface area contributed by atoms with Crippen molar-refractivity contribution in [3.05, 3.63) is 64.2 Å². The van der Waals surface area contributed by atoms with Crippen LogP contribution in [0.3, 0.4) is 0 Å². The number of non-ortho nitro benzene ring substituents is 1. The smallest absolute Gasteiger partial charge is 0.270 e. The molecule has 0 heterocycles. The van der Waals surface area contributed by atoms with Gasteiger partial charge in [-0.15, -0.1) is 0 Å². The summed E-state index contributed by atoms with van der Waals surface area (Å²) in [6.07, 6.45) is 0. The maximum Gasteiger partial charge on any atom is 0.270 e. The predicted molar refractivity (Wildman–Crippen MR) is 84.2 cm³/mol. The number of amidine groups is 1. The van der Waals surface area contributed by atoms with Gasteiger partial charge < -0.3 is 11.1 Å². The molecule has 7 nitrogen and oxygen atoms in total. The summed E-state index contributed by atoms with van der Waals surface area (Å²) in [5.74, 6) is 0.0170. The molecule has 0 saturated heterocycles. The van der Waals surface area contributed by atoms with Crippen molar-refractivity contribution in [3.8, 4) is 0 Å². The molecule has 112 valence electrons. The second-order valence-electron chi connectivity index (χ2n) is 4.53. The molecule has 0 saturated carbocycles. The van der Waals surface area contributed by atoms with Crippen molar-refractivity contribution in [2.75, 3.05) is 5.32 Å². The number of nitro benzene ring substituents is 1. The van der Waals surface area contributed by atoms with E-state index in [9.17, 15) is 14.9 Å². The van der Waals surface area contributed by atoms with Gasteiger partial charge in [0.25, 0.3) is 5.69 Å². The van der Waals surface area contributed by atoms with E-state index in [1.54, 1.807) is 36.4 Å². The van der Waals surface area contributed by atoms with Crippen LogP contribution in [0.25, 0.3) is 0 Å². The predicted octanol–water partition coefficient (Wildman–Crippen LogP) is 2.59. The number of nitrogens with one attached hydrogen (secondary N) is 1.